The summed E-state index contributed by atoms with van der Waals surface area (Å²) in [6, 6.07) is 183. The zero-order valence-electron chi connectivity index (χ0n) is 74.9. The van der Waals surface area contributed by atoms with E-state index in [1.807, 2.05) is 0 Å². The van der Waals surface area contributed by atoms with E-state index in [1.165, 1.54) is 76.2 Å². The molecule has 0 bridgehead atoms. The Hall–Kier alpha value is -18.5. The lowest BCUT2D eigenvalue weighted by molar-refractivity contribution is 0.995. The maximum atomic E-state index is 5.98. The fourth-order valence-electron chi connectivity index (χ4n) is 22.2. The Kier molecular flexibility index (Phi) is 17.9. The van der Waals surface area contributed by atoms with Crippen molar-refractivity contribution in [3.05, 3.63) is 497 Å². The van der Waals surface area contributed by atoms with Crippen LogP contribution in [0.25, 0.3) is 266 Å². The Morgan fingerprint density at radius 3 is 0.609 bits per heavy atom. The third kappa shape index (κ3) is 12.8. The molecule has 138 heavy (non-hydrogen) atoms. The molecule has 8 nitrogen and oxygen atoms in total. The maximum absolute atomic E-state index is 5.98. The Labute approximate surface area is 794 Å². The summed E-state index contributed by atoms with van der Waals surface area (Å²) in [4.78, 5) is 11.9. The van der Waals surface area contributed by atoms with E-state index in [9.17, 15) is 0 Å². The van der Waals surface area contributed by atoms with Crippen molar-refractivity contribution in [1.29, 1.82) is 0 Å². The van der Waals surface area contributed by atoms with E-state index in [0.29, 0.717) is 5.95 Å². The molecule has 7 heterocycles. The van der Waals surface area contributed by atoms with Gasteiger partial charge in [-0.05, 0) is 290 Å². The molecule has 8 heteroatoms. The monoisotopic (exact) mass is 1750 g/mol. The van der Waals surface area contributed by atoms with Crippen LogP contribution in [-0.4, -0.2) is 37.4 Å². The second-order valence-electron chi connectivity index (χ2n) is 36.4. The predicted molar refractivity (Wildman–Crippen MR) is 577 cm³/mol. The number of fused-ring (bicyclic) bond motifs is 18. The van der Waals surface area contributed by atoms with Crippen LogP contribution >= 0.6 is 0 Å². The molecule has 0 saturated carbocycles. The Morgan fingerprint density at radius 2 is 0.304 bits per heavy atom. The van der Waals surface area contributed by atoms with Crippen LogP contribution in [0, 0.1) is 0 Å². The first-order valence-electron chi connectivity index (χ1n) is 47.3. The predicted octanol–water partition coefficient (Wildman–Crippen LogP) is 34.1. The lowest BCUT2D eigenvalue weighted by Crippen LogP contribution is -2.04. The molecule has 0 aliphatic rings. The van der Waals surface area contributed by atoms with Crippen molar-refractivity contribution in [2.24, 2.45) is 0 Å². The Morgan fingerprint density at radius 1 is 0.109 bits per heavy atom. The summed E-state index contributed by atoms with van der Waals surface area (Å²) >= 11 is 0. The Balaban J connectivity index is 0.651. The first kappa shape index (κ1) is 78.2. The minimum atomic E-state index is 0.545. The fourth-order valence-corrected chi connectivity index (χ4v) is 22.2. The first-order valence-corrected chi connectivity index (χ1v) is 47.3. The molecule has 0 amide bonds. The summed E-state index contributed by atoms with van der Waals surface area (Å²) in [5, 5.41) is 14.1. The van der Waals surface area contributed by atoms with Gasteiger partial charge in [0.25, 0.3) is 0 Å². The summed E-state index contributed by atoms with van der Waals surface area (Å²) in [6.45, 7) is 0. The third-order valence-corrected chi connectivity index (χ3v) is 28.6. The highest BCUT2D eigenvalue weighted by atomic mass is 15.2. The van der Waals surface area contributed by atoms with Crippen molar-refractivity contribution in [3.8, 4) is 135 Å². The van der Waals surface area contributed by atoms with Crippen LogP contribution in [0.4, 0.5) is 0 Å². The van der Waals surface area contributed by atoms with E-state index in [1.54, 1.807) is 0 Å². The van der Waals surface area contributed by atoms with Gasteiger partial charge in [0.1, 0.15) is 0 Å². The van der Waals surface area contributed by atoms with Crippen molar-refractivity contribution in [2.45, 2.75) is 0 Å². The highest BCUT2D eigenvalue weighted by molar-refractivity contribution is 6.18. The van der Waals surface area contributed by atoms with Crippen LogP contribution in [0.15, 0.2) is 497 Å². The second-order valence-corrected chi connectivity index (χ2v) is 36.4. The van der Waals surface area contributed by atoms with Gasteiger partial charge in [0.05, 0.1) is 77.6 Å². The minimum absolute atomic E-state index is 0.545. The van der Waals surface area contributed by atoms with Gasteiger partial charge in [-0.1, -0.05) is 285 Å². The van der Waals surface area contributed by atoms with Crippen LogP contribution in [0.2, 0.25) is 0 Å². The van der Waals surface area contributed by atoms with E-state index >= 15 is 0 Å². The summed E-state index contributed by atoms with van der Waals surface area (Å²) in [6.07, 6.45) is 0. The molecule has 28 aromatic rings. The van der Waals surface area contributed by atoms with Gasteiger partial charge in [-0.25, -0.2) is 9.97 Å². The lowest BCUT2D eigenvalue weighted by atomic mass is 9.92. The number of aromatic nitrogens is 8. The molecule has 0 radical (unpaired) electrons. The van der Waals surface area contributed by atoms with Gasteiger partial charge in [0.15, 0.2) is 0 Å². The zero-order valence-corrected chi connectivity index (χ0v) is 74.9. The van der Waals surface area contributed by atoms with Crippen molar-refractivity contribution in [2.75, 3.05) is 0 Å². The molecule has 0 saturated heterocycles. The quantitative estimate of drug-likeness (QED) is 0.103. The zero-order chi connectivity index (χ0) is 90.6. The fraction of sp³-hybridized carbons (Fsp3) is 0. The van der Waals surface area contributed by atoms with Gasteiger partial charge in [-0.3, -0.25) is 4.57 Å². The van der Waals surface area contributed by atoms with Crippen molar-refractivity contribution in [3.63, 3.8) is 0 Å². The molecule has 0 spiro atoms. The van der Waals surface area contributed by atoms with E-state index in [0.717, 1.165) is 183 Å². The van der Waals surface area contributed by atoms with Crippen molar-refractivity contribution in [1.82, 2.24) is 37.4 Å². The number of benzene rings is 21. The van der Waals surface area contributed by atoms with Gasteiger partial charge < -0.3 is 22.8 Å². The molecule has 0 atom stereocenters. The summed E-state index contributed by atoms with van der Waals surface area (Å²) in [7, 11) is 0. The first-order chi connectivity index (χ1) is 68.4. The molecule has 0 aliphatic carbocycles. The topological polar surface area (TPSA) is 55.4 Å². The van der Waals surface area contributed by atoms with Crippen LogP contribution in [0.1, 0.15) is 0 Å². The number of para-hydroxylation sites is 8. The number of hydrogen-bond donors (Lipinski definition) is 0. The minimum Gasteiger partial charge on any atom is -0.309 e. The van der Waals surface area contributed by atoms with Gasteiger partial charge in [0, 0.05) is 104 Å². The van der Waals surface area contributed by atoms with Crippen molar-refractivity contribution < 1.29 is 0 Å². The van der Waals surface area contributed by atoms with Crippen molar-refractivity contribution >= 4 is 131 Å². The van der Waals surface area contributed by atoms with E-state index in [4.69, 9.17) is 9.97 Å². The molecule has 642 valence electrons. The van der Waals surface area contributed by atoms with Gasteiger partial charge in [0.2, 0.25) is 5.95 Å². The van der Waals surface area contributed by atoms with Gasteiger partial charge in [-0.2, -0.15) is 0 Å². The maximum Gasteiger partial charge on any atom is 0.235 e. The smallest absolute Gasteiger partial charge is 0.235 e. The molecule has 0 fully saturated rings. The summed E-state index contributed by atoms with van der Waals surface area (Å²) < 4.78 is 14.4. The van der Waals surface area contributed by atoms with Crippen LogP contribution in [0.3, 0.4) is 0 Å². The van der Waals surface area contributed by atoms with Crippen LogP contribution < -0.4 is 0 Å². The third-order valence-electron chi connectivity index (χ3n) is 28.6. The Bertz CT molecular complexity index is 9330. The summed E-state index contributed by atoms with van der Waals surface area (Å²) in [5.41, 5.74) is 38.1. The molecule has 28 rings (SSSR count). The normalized spacial score (nSPS) is 11.9. The van der Waals surface area contributed by atoms with E-state index in [2.05, 4.69) is 525 Å². The average molecular weight is 1760 g/mol. The second kappa shape index (κ2) is 31.6. The largest absolute Gasteiger partial charge is 0.309 e. The molecule has 0 aliphatic heterocycles. The lowest BCUT2D eigenvalue weighted by Gasteiger charge is -2.15. The molecule has 7 aromatic heterocycles. The molecule has 21 aromatic carbocycles. The number of rotatable bonds is 15. The number of hydrogen-bond acceptors (Lipinski definition) is 2. The van der Waals surface area contributed by atoms with E-state index < -0.39 is 0 Å². The van der Waals surface area contributed by atoms with Crippen LogP contribution in [0.5, 0.6) is 0 Å². The molecular formula is C130H82N8. The molecular weight excluding hydrogens is 1670 g/mol. The van der Waals surface area contributed by atoms with Gasteiger partial charge >= 0.3 is 0 Å². The highest BCUT2D eigenvalue weighted by Gasteiger charge is 2.26. The number of nitrogens with zero attached hydrogens (tertiary/aromatic N) is 8. The molecule has 0 unspecified atom stereocenters. The van der Waals surface area contributed by atoms with E-state index in [-0.39, 0.29) is 0 Å². The molecule has 0 N–H and O–H groups in total. The van der Waals surface area contributed by atoms with Crippen LogP contribution in [-0.2, 0) is 0 Å². The standard InChI is InChI=1S/C130H82N8/c1-7-29-83(30-8-1)96-70-97(84-31-9-2-10-32-84)72-98(71-96)85-33-27-34-94(69-85)116-82-117(132-130(131-116)138-128-67-59-92(88-55-63-124-110(76-88)106-47-21-25-51-120(106)135(124)101-40-15-5-16-41-101)80-114(128)115-81-93(60-68-129(115)138)89-56-64-125-111(77-89)107-48-22-26-52-121(107)136(125)102-42-17-6-18-43-102)95-35-28-44-103(73-95)137-126-65-57-90(86-53-61-122-108(74-86)104-45-19-23-49-118(104)133(122)99-36-11-3-12-37-99)78-112(126)113-79-91(58-66-127(113)137)87-54-62-123-109(75-87)105-46-20-24-50-119(105)134(123)100-38-13-4-14-39-100/h1-82H. The SMILES string of the molecule is c1ccc(-c2cc(-c3ccccc3)cc(-c3cccc(-c4cc(-c5cccc(-n6c7ccc(-c8ccc9c(c8)c8ccccc8n9-c8ccccc8)cc7c7cc(-c8ccc9c(c8)c8ccccc8n9-c8ccccc8)ccc76)c5)nc(-n5c6ccc(-c7ccc8c(c7)c7ccccc7n8-c7ccccc7)cc6c6cc(-c7ccc8c(c7)c7ccccc7n8-c7ccccc7)ccc65)n4)c3)c2)cc1. The van der Waals surface area contributed by atoms with Gasteiger partial charge in [-0.15, -0.1) is 0 Å². The summed E-state index contributed by atoms with van der Waals surface area (Å²) in [5.74, 6) is 0.545. The average Bonchev–Trinajstić information content (AvgIpc) is 1.57. The highest BCUT2D eigenvalue weighted by Crippen LogP contribution is 2.47.